The van der Waals surface area contributed by atoms with Crippen LogP contribution in [0.3, 0.4) is 0 Å². The van der Waals surface area contributed by atoms with E-state index in [1.54, 1.807) is 26.0 Å². The number of benzene rings is 2. The molecule has 1 unspecified atom stereocenters. The lowest BCUT2D eigenvalue weighted by atomic mass is 9.72. The van der Waals surface area contributed by atoms with Crippen LogP contribution in [0.5, 0.6) is 11.5 Å². The van der Waals surface area contributed by atoms with Gasteiger partial charge in [-0.3, -0.25) is 9.59 Å². The molecule has 5 rings (SSSR count). The highest BCUT2D eigenvalue weighted by Gasteiger charge is 2.76. The third kappa shape index (κ3) is 4.93. The Balaban J connectivity index is 1.36. The van der Waals surface area contributed by atoms with Crippen molar-refractivity contribution in [2.75, 3.05) is 27.9 Å². The van der Waals surface area contributed by atoms with Crippen LogP contribution in [0, 0.1) is 5.92 Å². The molecule has 9 nitrogen and oxygen atoms in total. The van der Waals surface area contributed by atoms with Gasteiger partial charge in [-0.25, -0.2) is 4.79 Å². The summed E-state index contributed by atoms with van der Waals surface area (Å²) >= 11 is 0. The van der Waals surface area contributed by atoms with Crippen molar-refractivity contribution in [3.8, 4) is 11.5 Å². The SMILES string of the molecule is COC1=C(C)C(=O)O[C@@]12C(=O)CC(CCCCOCc1ccc(OC)cc1)[C@@]21CCC(=O)N1Cc1ccc(OC)cc1. The molecule has 2 aromatic rings. The highest BCUT2D eigenvalue weighted by molar-refractivity contribution is 6.05. The molecular formula is C33H39NO8. The first-order valence-electron chi connectivity index (χ1n) is 14.5. The maximum Gasteiger partial charge on any atom is 0.338 e. The summed E-state index contributed by atoms with van der Waals surface area (Å²) in [6.07, 6.45) is 3.13. The monoisotopic (exact) mass is 577 g/mol. The van der Waals surface area contributed by atoms with E-state index in [4.69, 9.17) is 23.7 Å². The highest BCUT2D eigenvalue weighted by atomic mass is 16.6. The molecule has 2 aromatic carbocycles. The zero-order chi connectivity index (χ0) is 29.9. The summed E-state index contributed by atoms with van der Waals surface area (Å²) in [7, 11) is 4.70. The van der Waals surface area contributed by atoms with Crippen molar-refractivity contribution in [2.45, 2.75) is 69.7 Å². The van der Waals surface area contributed by atoms with Crippen LogP contribution in [0.25, 0.3) is 0 Å². The van der Waals surface area contributed by atoms with Crippen LogP contribution in [0.2, 0.25) is 0 Å². The normalized spacial score (nSPS) is 25.2. The molecular weight excluding hydrogens is 538 g/mol. The molecule has 1 amide bonds. The van der Waals surface area contributed by atoms with Gasteiger partial charge in [0, 0.05) is 26.0 Å². The molecule has 0 radical (unpaired) electrons. The molecule has 2 spiro atoms. The minimum Gasteiger partial charge on any atom is -0.497 e. The van der Waals surface area contributed by atoms with Crippen LogP contribution in [0.15, 0.2) is 59.9 Å². The maximum absolute atomic E-state index is 14.0. The average Bonchev–Trinajstić information content (AvgIpc) is 3.56. The second-order valence-electron chi connectivity index (χ2n) is 11.2. The van der Waals surface area contributed by atoms with Gasteiger partial charge in [0.05, 0.1) is 33.5 Å². The Hall–Kier alpha value is -3.85. The van der Waals surface area contributed by atoms with Crippen LogP contribution < -0.4 is 9.47 Å². The molecule has 9 heteroatoms. The van der Waals surface area contributed by atoms with Crippen molar-refractivity contribution in [3.05, 3.63) is 71.0 Å². The number of carbonyl (C=O) groups is 3. The van der Waals surface area contributed by atoms with Crippen LogP contribution in [0.4, 0.5) is 0 Å². The maximum atomic E-state index is 14.0. The van der Waals surface area contributed by atoms with Crippen LogP contribution >= 0.6 is 0 Å². The Labute approximate surface area is 246 Å². The molecule has 1 aliphatic carbocycles. The van der Waals surface area contributed by atoms with E-state index in [1.807, 2.05) is 48.5 Å². The Bertz CT molecular complexity index is 1350. The van der Waals surface area contributed by atoms with Gasteiger partial charge in [0.1, 0.15) is 17.0 Å². The lowest BCUT2D eigenvalue weighted by Crippen LogP contribution is -2.65. The van der Waals surface area contributed by atoms with Gasteiger partial charge in [-0.1, -0.05) is 30.7 Å². The molecule has 3 aliphatic rings. The predicted molar refractivity (Wildman–Crippen MR) is 154 cm³/mol. The summed E-state index contributed by atoms with van der Waals surface area (Å²) in [5.41, 5.74) is -0.439. The third-order valence-electron chi connectivity index (χ3n) is 9.05. The highest BCUT2D eigenvalue weighted by Crippen LogP contribution is 2.60. The van der Waals surface area contributed by atoms with Gasteiger partial charge in [0.2, 0.25) is 11.5 Å². The summed E-state index contributed by atoms with van der Waals surface area (Å²) in [5.74, 6) is 0.695. The number of esters is 1. The van der Waals surface area contributed by atoms with Gasteiger partial charge in [-0.2, -0.15) is 0 Å². The van der Waals surface area contributed by atoms with Gasteiger partial charge in [-0.05, 0) is 67.5 Å². The van der Waals surface area contributed by atoms with E-state index in [-0.39, 0.29) is 48.3 Å². The minimum absolute atomic E-state index is 0.0660. The largest absolute Gasteiger partial charge is 0.497 e. The van der Waals surface area contributed by atoms with Gasteiger partial charge in [0.25, 0.3) is 0 Å². The molecule has 2 heterocycles. The third-order valence-corrected chi connectivity index (χ3v) is 9.05. The number of methoxy groups -OCH3 is 3. The number of nitrogens with zero attached hydrogens (tertiary/aromatic N) is 1. The quantitative estimate of drug-likeness (QED) is 0.263. The average molecular weight is 578 g/mol. The topological polar surface area (TPSA) is 101 Å². The molecule has 0 bridgehead atoms. The molecule has 1 saturated carbocycles. The number of hydrogen-bond acceptors (Lipinski definition) is 8. The molecule has 1 saturated heterocycles. The van der Waals surface area contributed by atoms with Crippen LogP contribution in [-0.4, -0.2) is 61.6 Å². The van der Waals surface area contributed by atoms with E-state index in [0.717, 1.165) is 29.7 Å². The number of likely N-dealkylation sites (tertiary alicyclic amines) is 1. The number of Topliss-reactive ketones (excluding diaryl/α,β-unsaturated/α-hetero) is 1. The van der Waals surface area contributed by atoms with E-state index < -0.39 is 17.1 Å². The van der Waals surface area contributed by atoms with E-state index >= 15 is 0 Å². The van der Waals surface area contributed by atoms with Crippen molar-refractivity contribution < 1.29 is 38.1 Å². The first-order valence-corrected chi connectivity index (χ1v) is 14.5. The molecule has 2 fully saturated rings. The van der Waals surface area contributed by atoms with Gasteiger partial charge < -0.3 is 28.6 Å². The fraction of sp³-hybridized carbons (Fsp3) is 0.485. The first-order chi connectivity index (χ1) is 20.3. The number of rotatable bonds is 12. The molecule has 2 aliphatic heterocycles. The lowest BCUT2D eigenvalue weighted by Gasteiger charge is -2.48. The van der Waals surface area contributed by atoms with E-state index in [2.05, 4.69) is 0 Å². The Morgan fingerprint density at radius 1 is 0.881 bits per heavy atom. The number of ether oxygens (including phenoxy) is 5. The van der Waals surface area contributed by atoms with E-state index in [1.165, 1.54) is 7.11 Å². The molecule has 224 valence electrons. The minimum atomic E-state index is -1.64. The smallest absolute Gasteiger partial charge is 0.338 e. The fourth-order valence-corrected chi connectivity index (χ4v) is 7.02. The molecule has 0 N–H and O–H groups in total. The number of fused-ring (bicyclic) bond motifs is 1. The van der Waals surface area contributed by atoms with Gasteiger partial charge >= 0.3 is 5.97 Å². The second-order valence-corrected chi connectivity index (χ2v) is 11.2. The summed E-state index contributed by atoms with van der Waals surface area (Å²) in [5, 5.41) is 0. The van der Waals surface area contributed by atoms with Crippen molar-refractivity contribution in [3.63, 3.8) is 0 Å². The Morgan fingerprint density at radius 2 is 1.52 bits per heavy atom. The standard InChI is InChI=1S/C33H39NO8/c1-22-30(40-4)33(42-31(22)37)28(35)19-25(7-5-6-18-41-21-24-10-14-27(39-3)15-11-24)32(33)17-16-29(36)34(32)20-23-8-12-26(38-2)13-9-23/h8-15,25H,5-7,16-21H2,1-4H3/t25?,32-,33-/m0/s1. The van der Waals surface area contributed by atoms with Crippen molar-refractivity contribution in [1.82, 2.24) is 4.90 Å². The number of unbranched alkanes of at least 4 members (excludes halogenated alkanes) is 1. The number of ketones is 1. The van der Waals surface area contributed by atoms with Crippen LogP contribution in [-0.2, 0) is 41.7 Å². The number of hydrogen-bond donors (Lipinski definition) is 0. The summed E-state index contributed by atoms with van der Waals surface area (Å²) in [4.78, 5) is 42.3. The first kappa shape index (κ1) is 29.6. The molecule has 0 aromatic heterocycles. The van der Waals surface area contributed by atoms with Crippen molar-refractivity contribution in [2.24, 2.45) is 5.92 Å². The van der Waals surface area contributed by atoms with Gasteiger partial charge in [-0.15, -0.1) is 0 Å². The number of carbonyl (C=O) groups excluding carboxylic acids is 3. The summed E-state index contributed by atoms with van der Waals surface area (Å²) < 4.78 is 28.2. The predicted octanol–water partition coefficient (Wildman–Crippen LogP) is 4.76. The Kier molecular flexibility index (Phi) is 8.59. The molecule has 3 atom stereocenters. The Morgan fingerprint density at radius 3 is 2.14 bits per heavy atom. The fourth-order valence-electron chi connectivity index (χ4n) is 7.02. The van der Waals surface area contributed by atoms with Crippen molar-refractivity contribution >= 4 is 17.7 Å². The summed E-state index contributed by atoms with van der Waals surface area (Å²) in [6, 6.07) is 15.3. The number of amides is 1. The van der Waals surface area contributed by atoms with Crippen LogP contribution in [0.1, 0.15) is 56.6 Å². The summed E-state index contributed by atoms with van der Waals surface area (Å²) in [6.45, 7) is 2.97. The van der Waals surface area contributed by atoms with E-state index in [0.29, 0.717) is 31.8 Å². The second kappa shape index (κ2) is 12.2. The molecule has 42 heavy (non-hydrogen) atoms. The zero-order valence-electron chi connectivity index (χ0n) is 24.8. The zero-order valence-corrected chi connectivity index (χ0v) is 24.8. The van der Waals surface area contributed by atoms with E-state index in [9.17, 15) is 14.4 Å². The lowest BCUT2D eigenvalue weighted by molar-refractivity contribution is -0.173. The van der Waals surface area contributed by atoms with Gasteiger partial charge in [0.15, 0.2) is 11.5 Å². The van der Waals surface area contributed by atoms with Crippen molar-refractivity contribution in [1.29, 1.82) is 0 Å².